The molecule has 2 aromatic carbocycles. The molecule has 0 saturated carbocycles. The molecule has 6 atom stereocenters. The quantitative estimate of drug-likeness (QED) is 0.269. The SMILES string of the molecule is COc1cccc2c1C(=N)c1c(O)c3c(c(O)c1C2=O)CC(O)(C(C)=O)CC3OC1CC(N)C(O)C(C)O1. The molecule has 3 aliphatic rings. The zero-order valence-corrected chi connectivity index (χ0v) is 21.1. The predicted octanol–water partition coefficient (Wildman–Crippen LogP) is 1.21. The number of aliphatic hydroxyl groups excluding tert-OH is 1. The summed E-state index contributed by atoms with van der Waals surface area (Å²) in [5, 5.41) is 53.2. The standard InChI is InChI=1S/C27H30N2O9/c1-10-23(31)14(28)7-17(37-10)38-16-9-27(35,11(2)30)8-13-19(16)26(34)20-21(25(13)33)24(32)12-5-4-6-15(36-3)18(12)22(20)29/h4-6,10,14,16-17,23,29,31,33-35H,7-9,28H2,1-3H3. The number of aromatic hydroxyl groups is 2. The first kappa shape index (κ1) is 26.3. The van der Waals surface area contributed by atoms with Gasteiger partial charge in [-0.15, -0.1) is 0 Å². The van der Waals surface area contributed by atoms with Gasteiger partial charge in [-0.25, -0.2) is 0 Å². The number of ether oxygens (including phenoxy) is 3. The maximum Gasteiger partial charge on any atom is 0.198 e. The third-order valence-corrected chi connectivity index (χ3v) is 7.84. The van der Waals surface area contributed by atoms with Crippen molar-refractivity contribution < 1.29 is 44.2 Å². The minimum atomic E-state index is -1.97. The maximum atomic E-state index is 13.5. The average molecular weight is 527 g/mol. The third kappa shape index (κ3) is 3.81. The van der Waals surface area contributed by atoms with E-state index in [1.54, 1.807) is 19.1 Å². The van der Waals surface area contributed by atoms with Gasteiger partial charge in [-0.1, -0.05) is 12.1 Å². The maximum absolute atomic E-state index is 13.5. The molecule has 0 amide bonds. The number of hydrogen-bond acceptors (Lipinski definition) is 11. The first-order valence-corrected chi connectivity index (χ1v) is 12.3. The Hall–Kier alpha value is -3.35. The van der Waals surface area contributed by atoms with Crippen LogP contribution in [0.5, 0.6) is 17.2 Å². The lowest BCUT2D eigenvalue weighted by Crippen LogP contribution is -2.52. The van der Waals surface area contributed by atoms with Crippen molar-refractivity contribution in [1.82, 2.24) is 0 Å². The second kappa shape index (κ2) is 9.14. The van der Waals surface area contributed by atoms with Crippen LogP contribution in [0.3, 0.4) is 0 Å². The van der Waals surface area contributed by atoms with Gasteiger partial charge in [-0.05, 0) is 19.9 Å². The molecule has 38 heavy (non-hydrogen) atoms. The lowest BCUT2D eigenvalue weighted by molar-refractivity contribution is -0.247. The summed E-state index contributed by atoms with van der Waals surface area (Å²) in [4.78, 5) is 26.0. The average Bonchev–Trinajstić information content (AvgIpc) is 2.87. The first-order valence-electron chi connectivity index (χ1n) is 12.3. The Morgan fingerprint density at radius 3 is 2.55 bits per heavy atom. The van der Waals surface area contributed by atoms with Gasteiger partial charge in [0, 0.05) is 42.0 Å². The number of benzene rings is 2. The molecule has 0 aromatic heterocycles. The van der Waals surface area contributed by atoms with Crippen molar-refractivity contribution in [2.24, 2.45) is 5.73 Å². The molecule has 0 radical (unpaired) electrons. The highest BCUT2D eigenvalue weighted by atomic mass is 16.7. The normalized spacial score (nSPS) is 30.3. The van der Waals surface area contributed by atoms with Gasteiger partial charge in [-0.3, -0.25) is 15.0 Å². The smallest absolute Gasteiger partial charge is 0.198 e. The predicted molar refractivity (Wildman–Crippen MR) is 133 cm³/mol. The molecule has 202 valence electrons. The summed E-state index contributed by atoms with van der Waals surface area (Å²) in [5.74, 6) is -2.01. The molecule has 5 rings (SSSR count). The molecular weight excluding hydrogens is 496 g/mol. The minimum Gasteiger partial charge on any atom is -0.507 e. The van der Waals surface area contributed by atoms with E-state index in [2.05, 4.69) is 0 Å². The number of carbonyl (C=O) groups excluding carboxylic acids is 2. The van der Waals surface area contributed by atoms with Crippen LogP contribution < -0.4 is 10.5 Å². The fraction of sp³-hybridized carbons (Fsp3) is 0.444. The highest BCUT2D eigenvalue weighted by molar-refractivity contribution is 6.32. The molecule has 0 bridgehead atoms. The van der Waals surface area contributed by atoms with Crippen molar-refractivity contribution in [3.8, 4) is 17.2 Å². The van der Waals surface area contributed by atoms with Gasteiger partial charge in [0.25, 0.3) is 0 Å². The molecule has 7 N–H and O–H groups in total. The van der Waals surface area contributed by atoms with Gasteiger partial charge in [-0.2, -0.15) is 0 Å². The zero-order valence-electron chi connectivity index (χ0n) is 21.1. The number of Topliss-reactive ketones (excluding diaryl/α,β-unsaturated/α-hetero) is 1. The molecule has 0 spiro atoms. The van der Waals surface area contributed by atoms with E-state index in [0.29, 0.717) is 0 Å². The van der Waals surface area contributed by atoms with Crippen LogP contribution in [-0.2, 0) is 20.7 Å². The molecule has 1 fully saturated rings. The second-order valence-electron chi connectivity index (χ2n) is 10.2. The minimum absolute atomic E-state index is 0.0316. The molecular formula is C27H30N2O9. The number of rotatable bonds is 4. The number of hydrogen-bond donors (Lipinski definition) is 6. The molecule has 1 aliphatic heterocycles. The summed E-state index contributed by atoms with van der Waals surface area (Å²) in [5.41, 5.74) is 3.62. The van der Waals surface area contributed by atoms with Gasteiger partial charge < -0.3 is 40.4 Å². The lowest BCUT2D eigenvalue weighted by atomic mass is 9.72. The molecule has 11 nitrogen and oxygen atoms in total. The molecule has 11 heteroatoms. The van der Waals surface area contributed by atoms with Gasteiger partial charge in [0.1, 0.15) is 22.8 Å². The van der Waals surface area contributed by atoms with Crippen molar-refractivity contribution in [3.05, 3.63) is 51.6 Å². The summed E-state index contributed by atoms with van der Waals surface area (Å²) in [7, 11) is 1.40. The van der Waals surface area contributed by atoms with E-state index in [-0.39, 0.29) is 64.1 Å². The summed E-state index contributed by atoms with van der Waals surface area (Å²) in [6, 6.07) is 3.98. The number of carbonyl (C=O) groups is 2. The van der Waals surface area contributed by atoms with Crippen molar-refractivity contribution in [1.29, 1.82) is 5.41 Å². The van der Waals surface area contributed by atoms with Crippen molar-refractivity contribution in [2.45, 2.75) is 69.4 Å². The number of ketones is 2. The van der Waals surface area contributed by atoms with Gasteiger partial charge in [0.2, 0.25) is 0 Å². The first-order chi connectivity index (χ1) is 17.9. The Labute approximate surface area is 218 Å². The van der Waals surface area contributed by atoms with Gasteiger partial charge >= 0.3 is 0 Å². The van der Waals surface area contributed by atoms with Crippen LogP contribution in [0, 0.1) is 5.41 Å². The van der Waals surface area contributed by atoms with E-state index in [1.165, 1.54) is 20.1 Å². The van der Waals surface area contributed by atoms with Gasteiger partial charge in [0.05, 0.1) is 47.8 Å². The highest BCUT2D eigenvalue weighted by Gasteiger charge is 2.49. The number of nitrogens with one attached hydrogen (secondary N) is 1. The molecule has 2 aliphatic carbocycles. The summed E-state index contributed by atoms with van der Waals surface area (Å²) >= 11 is 0. The van der Waals surface area contributed by atoms with E-state index < -0.39 is 59.3 Å². The number of methoxy groups -OCH3 is 1. The van der Waals surface area contributed by atoms with E-state index in [9.17, 15) is 30.0 Å². The third-order valence-electron chi connectivity index (χ3n) is 7.84. The van der Waals surface area contributed by atoms with E-state index in [4.69, 9.17) is 25.4 Å². The van der Waals surface area contributed by atoms with Crippen molar-refractivity contribution >= 4 is 17.3 Å². The van der Waals surface area contributed by atoms with Gasteiger partial charge in [0.15, 0.2) is 17.9 Å². The van der Waals surface area contributed by atoms with Crippen LogP contribution >= 0.6 is 0 Å². The summed E-state index contributed by atoms with van der Waals surface area (Å²) in [6.07, 6.45) is -4.30. The fourth-order valence-corrected chi connectivity index (χ4v) is 5.70. The highest BCUT2D eigenvalue weighted by Crippen LogP contribution is 2.52. The van der Waals surface area contributed by atoms with E-state index in [0.717, 1.165) is 0 Å². The molecule has 6 unspecified atom stereocenters. The van der Waals surface area contributed by atoms with Crippen molar-refractivity contribution in [3.63, 3.8) is 0 Å². The topological polar surface area (TPSA) is 193 Å². The number of phenols is 2. The van der Waals surface area contributed by atoms with Crippen LogP contribution in [0.15, 0.2) is 18.2 Å². The van der Waals surface area contributed by atoms with E-state index >= 15 is 0 Å². The van der Waals surface area contributed by atoms with Crippen molar-refractivity contribution in [2.75, 3.05) is 7.11 Å². The molecule has 1 heterocycles. The van der Waals surface area contributed by atoms with Crippen LogP contribution in [0.4, 0.5) is 0 Å². The Morgan fingerprint density at radius 2 is 1.92 bits per heavy atom. The largest absolute Gasteiger partial charge is 0.507 e. The molecule has 1 saturated heterocycles. The van der Waals surface area contributed by atoms with Crippen LogP contribution in [0.1, 0.15) is 71.0 Å². The second-order valence-corrected chi connectivity index (χ2v) is 10.2. The number of fused-ring (bicyclic) bond motifs is 3. The number of aliphatic hydroxyl groups is 2. The Kier molecular flexibility index (Phi) is 6.32. The Bertz CT molecular complexity index is 1360. The summed E-state index contributed by atoms with van der Waals surface area (Å²) in [6.45, 7) is 2.82. The number of nitrogens with two attached hydrogens (primary N) is 1. The Balaban J connectivity index is 1.68. The van der Waals surface area contributed by atoms with Crippen LogP contribution in [-0.4, -0.2) is 75.0 Å². The van der Waals surface area contributed by atoms with Crippen LogP contribution in [0.2, 0.25) is 0 Å². The van der Waals surface area contributed by atoms with E-state index in [1.807, 2.05) is 0 Å². The summed E-state index contributed by atoms with van der Waals surface area (Å²) < 4.78 is 17.2. The molecule has 2 aromatic rings. The fourth-order valence-electron chi connectivity index (χ4n) is 5.70. The number of phenolic OH excluding ortho intramolecular Hbond substituents is 2. The Morgan fingerprint density at radius 1 is 1.21 bits per heavy atom. The van der Waals surface area contributed by atoms with Crippen LogP contribution in [0.25, 0.3) is 0 Å². The zero-order chi connectivity index (χ0) is 27.7. The lowest BCUT2D eigenvalue weighted by Gasteiger charge is -2.42. The monoisotopic (exact) mass is 526 g/mol.